The predicted molar refractivity (Wildman–Crippen MR) is 31.7 cm³/mol. The summed E-state index contributed by atoms with van der Waals surface area (Å²) in [5.41, 5.74) is 0. The van der Waals surface area contributed by atoms with Crippen molar-refractivity contribution >= 4 is 15.5 Å². The molecule has 0 aromatic rings. The van der Waals surface area contributed by atoms with Gasteiger partial charge in [0.05, 0.1) is 0 Å². The molecule has 0 amide bonds. The maximum absolute atomic E-state index is 9.93. The fourth-order valence-corrected chi connectivity index (χ4v) is 0. The van der Waals surface area contributed by atoms with Crippen molar-refractivity contribution in [2.45, 2.75) is 0 Å². The lowest BCUT2D eigenvalue weighted by Crippen LogP contribution is -2.14. The van der Waals surface area contributed by atoms with E-state index >= 15 is 0 Å². The van der Waals surface area contributed by atoms with Gasteiger partial charge in [0.15, 0.2) is 0 Å². The molecular formula is C3H9NO2S. The van der Waals surface area contributed by atoms with Crippen LogP contribution in [0.15, 0.2) is 0 Å². The van der Waals surface area contributed by atoms with Gasteiger partial charge in [0.1, 0.15) is 0 Å². The Labute approximate surface area is 44.0 Å². The minimum atomic E-state index is -1.82. The SMILES string of the molecule is CS(C)(N)C(=O)O. The summed E-state index contributed by atoms with van der Waals surface area (Å²) in [5, 5.41) is 12.4. The van der Waals surface area contributed by atoms with Crippen LogP contribution in [0.2, 0.25) is 0 Å². The van der Waals surface area contributed by atoms with Gasteiger partial charge in [-0.15, -0.1) is 0 Å². The Morgan fingerprint density at radius 3 is 1.86 bits per heavy atom. The van der Waals surface area contributed by atoms with Crippen LogP contribution in [0.1, 0.15) is 0 Å². The van der Waals surface area contributed by atoms with E-state index in [0.29, 0.717) is 0 Å². The quantitative estimate of drug-likeness (QED) is 0.496. The normalized spacial score (nSPS) is 13.6. The lowest BCUT2D eigenvalue weighted by molar-refractivity contribution is 0.221. The van der Waals surface area contributed by atoms with Gasteiger partial charge in [-0.25, -0.2) is 4.79 Å². The molecule has 0 spiro atoms. The van der Waals surface area contributed by atoms with E-state index in [0.717, 1.165) is 0 Å². The molecule has 0 saturated carbocycles. The summed E-state index contributed by atoms with van der Waals surface area (Å²) in [6, 6.07) is 0. The van der Waals surface area contributed by atoms with E-state index in [4.69, 9.17) is 10.2 Å². The van der Waals surface area contributed by atoms with Gasteiger partial charge in [0.2, 0.25) is 0 Å². The first-order valence-corrected chi connectivity index (χ1v) is 4.20. The van der Waals surface area contributed by atoms with Gasteiger partial charge < -0.3 is 5.11 Å². The Kier molecular flexibility index (Phi) is 1.66. The summed E-state index contributed by atoms with van der Waals surface area (Å²) in [6.45, 7) is 0. The summed E-state index contributed by atoms with van der Waals surface area (Å²) >= 11 is 0. The van der Waals surface area contributed by atoms with E-state index < -0.39 is 15.5 Å². The van der Waals surface area contributed by atoms with Crippen LogP contribution >= 0.6 is 10.2 Å². The molecule has 0 aromatic carbocycles. The largest absolute Gasteiger partial charge is 0.473 e. The van der Waals surface area contributed by atoms with Crippen molar-refractivity contribution in [1.29, 1.82) is 0 Å². The average molecular weight is 123 g/mol. The maximum atomic E-state index is 9.93. The van der Waals surface area contributed by atoms with Gasteiger partial charge in [0.25, 0.3) is 0 Å². The highest BCUT2D eigenvalue weighted by Crippen LogP contribution is 2.29. The summed E-state index contributed by atoms with van der Waals surface area (Å²) in [6.07, 6.45) is 3.05. The molecule has 0 saturated heterocycles. The average Bonchev–Trinajstić information content (AvgIpc) is 1.31. The monoisotopic (exact) mass is 123 g/mol. The molecule has 0 heterocycles. The molecule has 0 aliphatic carbocycles. The topological polar surface area (TPSA) is 63.3 Å². The van der Waals surface area contributed by atoms with E-state index in [1.54, 1.807) is 0 Å². The number of nitrogens with two attached hydrogens (primary N) is 1. The highest BCUT2D eigenvalue weighted by molar-refractivity contribution is 8.42. The second-order valence-electron chi connectivity index (χ2n) is 1.67. The second kappa shape index (κ2) is 1.71. The molecule has 44 valence electrons. The van der Waals surface area contributed by atoms with Crippen molar-refractivity contribution in [2.24, 2.45) is 5.14 Å². The molecular weight excluding hydrogens is 114 g/mol. The summed E-state index contributed by atoms with van der Waals surface area (Å²) in [4.78, 5) is 9.93. The molecule has 0 radical (unpaired) electrons. The van der Waals surface area contributed by atoms with Gasteiger partial charge >= 0.3 is 5.30 Å². The molecule has 0 bridgehead atoms. The first-order chi connectivity index (χ1) is 2.94. The van der Waals surface area contributed by atoms with Gasteiger partial charge in [0, 0.05) is 0 Å². The maximum Gasteiger partial charge on any atom is 0.358 e. The van der Waals surface area contributed by atoms with Crippen molar-refractivity contribution in [3.8, 4) is 0 Å². The molecule has 0 aromatic heterocycles. The van der Waals surface area contributed by atoms with E-state index in [1.165, 1.54) is 12.5 Å². The molecule has 0 aliphatic rings. The van der Waals surface area contributed by atoms with Crippen LogP contribution in [0.25, 0.3) is 0 Å². The van der Waals surface area contributed by atoms with Crippen molar-refractivity contribution in [3.05, 3.63) is 0 Å². The zero-order valence-corrected chi connectivity index (χ0v) is 5.16. The number of hydrogen-bond acceptors (Lipinski definition) is 2. The van der Waals surface area contributed by atoms with Crippen LogP contribution in [-0.4, -0.2) is 22.9 Å². The molecule has 0 fully saturated rings. The first kappa shape index (κ1) is 6.78. The number of carbonyl (C=O) groups is 1. The Morgan fingerprint density at radius 1 is 1.71 bits per heavy atom. The van der Waals surface area contributed by atoms with Gasteiger partial charge in [-0.2, -0.15) is 0 Å². The molecule has 3 N–H and O–H groups in total. The molecule has 7 heavy (non-hydrogen) atoms. The van der Waals surface area contributed by atoms with Crippen LogP contribution < -0.4 is 5.14 Å². The zero-order valence-electron chi connectivity index (χ0n) is 4.34. The highest BCUT2D eigenvalue weighted by Gasteiger charge is 2.12. The van der Waals surface area contributed by atoms with E-state index in [2.05, 4.69) is 0 Å². The Bertz CT molecular complexity index is 85.4. The summed E-state index contributed by atoms with van der Waals surface area (Å²) in [5.74, 6) is 0. The third kappa shape index (κ3) is 2.47. The Hall–Kier alpha value is -0.220. The fourth-order valence-electron chi connectivity index (χ4n) is 0. The zero-order chi connectivity index (χ0) is 6.08. The first-order valence-electron chi connectivity index (χ1n) is 1.68. The molecule has 4 heteroatoms. The summed E-state index contributed by atoms with van der Waals surface area (Å²) in [7, 11) is -1.82. The number of carboxylic acid groups (broad SMARTS) is 1. The van der Waals surface area contributed by atoms with Gasteiger partial charge in [-0.1, -0.05) is 10.2 Å². The second-order valence-corrected chi connectivity index (χ2v) is 4.83. The van der Waals surface area contributed by atoms with Crippen molar-refractivity contribution < 1.29 is 9.90 Å². The van der Waals surface area contributed by atoms with Gasteiger partial charge in [-0.05, 0) is 12.5 Å². The van der Waals surface area contributed by atoms with E-state index in [9.17, 15) is 4.79 Å². The Balaban J connectivity index is 3.79. The minimum absolute atomic E-state index is 0.896. The van der Waals surface area contributed by atoms with Crippen molar-refractivity contribution in [1.82, 2.24) is 0 Å². The van der Waals surface area contributed by atoms with Crippen LogP contribution in [0, 0.1) is 0 Å². The highest BCUT2D eigenvalue weighted by atomic mass is 32.3. The smallest absolute Gasteiger partial charge is 0.358 e. The Morgan fingerprint density at radius 2 is 1.86 bits per heavy atom. The molecule has 0 rings (SSSR count). The van der Waals surface area contributed by atoms with Crippen LogP contribution in [-0.2, 0) is 0 Å². The molecule has 0 atom stereocenters. The lowest BCUT2D eigenvalue weighted by atomic mass is 11.6. The molecule has 3 nitrogen and oxygen atoms in total. The van der Waals surface area contributed by atoms with E-state index in [1.807, 2.05) is 0 Å². The van der Waals surface area contributed by atoms with Crippen LogP contribution in [0.5, 0.6) is 0 Å². The number of hydrogen-bond donors (Lipinski definition) is 2. The van der Waals surface area contributed by atoms with Crippen LogP contribution in [0.3, 0.4) is 0 Å². The molecule has 0 aliphatic heterocycles. The van der Waals surface area contributed by atoms with Crippen molar-refractivity contribution in [3.63, 3.8) is 0 Å². The minimum Gasteiger partial charge on any atom is -0.473 e. The lowest BCUT2D eigenvalue weighted by Gasteiger charge is -2.16. The third-order valence-corrected chi connectivity index (χ3v) is 1.35. The van der Waals surface area contributed by atoms with Crippen molar-refractivity contribution in [2.75, 3.05) is 12.5 Å². The van der Waals surface area contributed by atoms with Crippen LogP contribution in [0.4, 0.5) is 4.79 Å². The third-order valence-electron chi connectivity index (χ3n) is 0.450. The standard InChI is InChI=1S/C3H9NO2S/c1-7(2,4)3(5)6/h4H2,1-2H3,(H,5,6). The number of rotatable bonds is 0. The summed E-state index contributed by atoms with van der Waals surface area (Å²) < 4.78 is 0. The van der Waals surface area contributed by atoms with E-state index in [-0.39, 0.29) is 0 Å². The molecule has 0 unspecified atom stereocenters. The fraction of sp³-hybridized carbons (Fsp3) is 0.667. The van der Waals surface area contributed by atoms with Gasteiger partial charge in [-0.3, -0.25) is 5.14 Å². The predicted octanol–water partition coefficient (Wildman–Crippen LogP) is 0.602.